The minimum absolute atomic E-state index is 0.562. The molecule has 0 heterocycles. The Morgan fingerprint density at radius 2 is 1.72 bits per heavy atom. The van der Waals surface area contributed by atoms with Gasteiger partial charge in [0, 0.05) is 0 Å². The van der Waals surface area contributed by atoms with Crippen LogP contribution in [0.1, 0.15) is 16.7 Å². The molecular weight excluding hydrogens is 224 g/mol. The first kappa shape index (κ1) is 12.5. The van der Waals surface area contributed by atoms with Crippen LogP contribution in [0.5, 0.6) is 11.5 Å². The molecule has 0 amide bonds. The fraction of sp³-hybridized carbons (Fsp3) is 0.250. The van der Waals surface area contributed by atoms with Crippen LogP contribution in [0.3, 0.4) is 0 Å². The summed E-state index contributed by atoms with van der Waals surface area (Å²) in [7, 11) is 1.66. The van der Waals surface area contributed by atoms with Crippen molar-refractivity contribution in [2.45, 2.75) is 20.5 Å². The predicted molar refractivity (Wildman–Crippen MR) is 73.2 cm³/mol. The summed E-state index contributed by atoms with van der Waals surface area (Å²) in [5.41, 5.74) is 3.60. The molecule has 2 aromatic rings. The van der Waals surface area contributed by atoms with Crippen molar-refractivity contribution in [1.82, 2.24) is 0 Å². The molecule has 2 heteroatoms. The zero-order valence-electron chi connectivity index (χ0n) is 11.1. The minimum atomic E-state index is 0.562. The highest BCUT2D eigenvalue weighted by atomic mass is 16.5. The quantitative estimate of drug-likeness (QED) is 0.809. The molecule has 0 aliphatic rings. The molecule has 0 radical (unpaired) electrons. The molecule has 0 fully saturated rings. The maximum atomic E-state index is 5.82. The lowest BCUT2D eigenvalue weighted by atomic mass is 10.1. The number of benzene rings is 2. The number of methoxy groups -OCH3 is 1. The molecule has 2 aromatic carbocycles. The lowest BCUT2D eigenvalue weighted by molar-refractivity contribution is 0.284. The molecule has 0 aliphatic carbocycles. The SMILES string of the molecule is COc1cc(C)ccc1OCc1ccccc1C. The molecular formula is C16H18O2. The molecule has 0 saturated carbocycles. The summed E-state index contributed by atoms with van der Waals surface area (Å²) < 4.78 is 11.1. The molecule has 0 unspecified atom stereocenters. The van der Waals surface area contributed by atoms with Crippen LogP contribution >= 0.6 is 0 Å². The van der Waals surface area contributed by atoms with Gasteiger partial charge in [0.05, 0.1) is 7.11 Å². The van der Waals surface area contributed by atoms with E-state index in [-0.39, 0.29) is 0 Å². The summed E-state index contributed by atoms with van der Waals surface area (Å²) in [6, 6.07) is 14.2. The van der Waals surface area contributed by atoms with Crippen LogP contribution in [0.2, 0.25) is 0 Å². The van der Waals surface area contributed by atoms with E-state index in [2.05, 4.69) is 19.1 Å². The molecule has 2 nitrogen and oxygen atoms in total. The lowest BCUT2D eigenvalue weighted by Gasteiger charge is -2.12. The topological polar surface area (TPSA) is 18.5 Å². The van der Waals surface area contributed by atoms with Gasteiger partial charge in [-0.3, -0.25) is 0 Å². The van der Waals surface area contributed by atoms with Crippen molar-refractivity contribution >= 4 is 0 Å². The van der Waals surface area contributed by atoms with Crippen LogP contribution in [0, 0.1) is 13.8 Å². The number of hydrogen-bond donors (Lipinski definition) is 0. The van der Waals surface area contributed by atoms with E-state index >= 15 is 0 Å². The molecule has 0 aliphatic heterocycles. The van der Waals surface area contributed by atoms with Crippen LogP contribution in [-0.4, -0.2) is 7.11 Å². The van der Waals surface area contributed by atoms with Gasteiger partial charge in [0.25, 0.3) is 0 Å². The highest BCUT2D eigenvalue weighted by Crippen LogP contribution is 2.28. The average Bonchev–Trinajstić information content (AvgIpc) is 2.39. The Labute approximate surface area is 108 Å². The van der Waals surface area contributed by atoms with Gasteiger partial charge >= 0.3 is 0 Å². The Kier molecular flexibility index (Phi) is 3.88. The Hall–Kier alpha value is -1.96. The third-order valence-electron chi connectivity index (χ3n) is 2.96. The highest BCUT2D eigenvalue weighted by molar-refractivity contribution is 5.42. The van der Waals surface area contributed by atoms with E-state index in [0.717, 1.165) is 17.1 Å². The fourth-order valence-electron chi connectivity index (χ4n) is 1.82. The van der Waals surface area contributed by atoms with E-state index in [1.165, 1.54) is 11.1 Å². The van der Waals surface area contributed by atoms with Gasteiger partial charge in [0.2, 0.25) is 0 Å². The molecule has 0 saturated heterocycles. The molecule has 0 spiro atoms. The van der Waals surface area contributed by atoms with Crippen LogP contribution in [0.15, 0.2) is 42.5 Å². The minimum Gasteiger partial charge on any atom is -0.493 e. The van der Waals surface area contributed by atoms with Crippen LogP contribution in [-0.2, 0) is 6.61 Å². The second-order valence-corrected chi connectivity index (χ2v) is 4.37. The van der Waals surface area contributed by atoms with Crippen molar-refractivity contribution in [1.29, 1.82) is 0 Å². The number of rotatable bonds is 4. The first-order chi connectivity index (χ1) is 8.70. The number of hydrogen-bond acceptors (Lipinski definition) is 2. The summed E-state index contributed by atoms with van der Waals surface area (Å²) in [5, 5.41) is 0. The summed E-state index contributed by atoms with van der Waals surface area (Å²) in [6.45, 7) is 4.69. The number of ether oxygens (including phenoxy) is 2. The van der Waals surface area contributed by atoms with Crippen LogP contribution in [0.25, 0.3) is 0 Å². The van der Waals surface area contributed by atoms with Crippen molar-refractivity contribution in [2.75, 3.05) is 7.11 Å². The maximum absolute atomic E-state index is 5.82. The van der Waals surface area contributed by atoms with Crippen molar-refractivity contribution < 1.29 is 9.47 Å². The van der Waals surface area contributed by atoms with Gasteiger partial charge in [-0.05, 0) is 42.7 Å². The normalized spacial score (nSPS) is 10.2. The zero-order chi connectivity index (χ0) is 13.0. The Balaban J connectivity index is 2.13. The standard InChI is InChI=1S/C16H18O2/c1-12-8-9-15(16(10-12)17-3)18-11-14-7-5-4-6-13(14)2/h4-10H,11H2,1-3H3. The van der Waals surface area contributed by atoms with Gasteiger partial charge in [0.1, 0.15) is 6.61 Å². The molecule has 0 bridgehead atoms. The van der Waals surface area contributed by atoms with Crippen molar-refractivity contribution in [3.63, 3.8) is 0 Å². The summed E-state index contributed by atoms with van der Waals surface area (Å²) in [5.74, 6) is 1.56. The van der Waals surface area contributed by atoms with Crippen LogP contribution in [0.4, 0.5) is 0 Å². The van der Waals surface area contributed by atoms with Crippen LogP contribution < -0.4 is 9.47 Å². The lowest BCUT2D eigenvalue weighted by Crippen LogP contribution is -1.99. The largest absolute Gasteiger partial charge is 0.493 e. The van der Waals surface area contributed by atoms with Gasteiger partial charge < -0.3 is 9.47 Å². The molecule has 94 valence electrons. The second-order valence-electron chi connectivity index (χ2n) is 4.37. The maximum Gasteiger partial charge on any atom is 0.161 e. The Morgan fingerprint density at radius 3 is 2.44 bits per heavy atom. The van der Waals surface area contributed by atoms with E-state index in [4.69, 9.17) is 9.47 Å². The van der Waals surface area contributed by atoms with Crippen molar-refractivity contribution in [2.24, 2.45) is 0 Å². The van der Waals surface area contributed by atoms with E-state index in [9.17, 15) is 0 Å². The molecule has 0 N–H and O–H groups in total. The van der Waals surface area contributed by atoms with Crippen molar-refractivity contribution in [3.05, 3.63) is 59.2 Å². The Morgan fingerprint density at radius 1 is 0.944 bits per heavy atom. The monoisotopic (exact) mass is 242 g/mol. The van der Waals surface area contributed by atoms with Gasteiger partial charge in [-0.25, -0.2) is 0 Å². The predicted octanol–water partition coefficient (Wildman–Crippen LogP) is 3.89. The number of aryl methyl sites for hydroxylation is 2. The van der Waals surface area contributed by atoms with Crippen molar-refractivity contribution in [3.8, 4) is 11.5 Å². The van der Waals surface area contributed by atoms with Gasteiger partial charge in [-0.15, -0.1) is 0 Å². The van der Waals surface area contributed by atoms with E-state index in [1.54, 1.807) is 7.11 Å². The second kappa shape index (κ2) is 5.58. The summed E-state index contributed by atoms with van der Waals surface area (Å²) in [6.07, 6.45) is 0. The highest BCUT2D eigenvalue weighted by Gasteiger charge is 2.05. The smallest absolute Gasteiger partial charge is 0.161 e. The first-order valence-corrected chi connectivity index (χ1v) is 6.02. The van der Waals surface area contributed by atoms with Gasteiger partial charge in [-0.2, -0.15) is 0 Å². The average molecular weight is 242 g/mol. The van der Waals surface area contributed by atoms with Gasteiger partial charge in [-0.1, -0.05) is 30.3 Å². The zero-order valence-corrected chi connectivity index (χ0v) is 11.1. The molecule has 18 heavy (non-hydrogen) atoms. The van der Waals surface area contributed by atoms with Gasteiger partial charge in [0.15, 0.2) is 11.5 Å². The summed E-state index contributed by atoms with van der Waals surface area (Å²) in [4.78, 5) is 0. The Bertz CT molecular complexity index is 532. The summed E-state index contributed by atoms with van der Waals surface area (Å²) >= 11 is 0. The third kappa shape index (κ3) is 2.83. The molecule has 2 rings (SSSR count). The van der Waals surface area contributed by atoms with E-state index in [1.807, 2.05) is 37.3 Å². The van der Waals surface area contributed by atoms with E-state index < -0.39 is 0 Å². The fourth-order valence-corrected chi connectivity index (χ4v) is 1.82. The third-order valence-corrected chi connectivity index (χ3v) is 2.96. The molecule has 0 aromatic heterocycles. The molecule has 0 atom stereocenters. The first-order valence-electron chi connectivity index (χ1n) is 6.02. The van der Waals surface area contributed by atoms with E-state index in [0.29, 0.717) is 6.61 Å².